The molecule has 41 heavy (non-hydrogen) atoms. The van der Waals surface area contributed by atoms with Crippen LogP contribution < -0.4 is 0 Å². The van der Waals surface area contributed by atoms with Gasteiger partial charge in [-0.1, -0.05) is 88.9 Å². The first-order chi connectivity index (χ1) is 19.3. The van der Waals surface area contributed by atoms with Gasteiger partial charge in [-0.3, -0.25) is 0 Å². The normalized spacial score (nSPS) is 14.5. The third kappa shape index (κ3) is 4.47. The van der Waals surface area contributed by atoms with Gasteiger partial charge in [0, 0.05) is 34.6 Å². The zero-order valence-corrected chi connectivity index (χ0v) is 25.5. The third-order valence-electron chi connectivity index (χ3n) is 7.85. The van der Waals surface area contributed by atoms with Crippen molar-refractivity contribution in [1.29, 1.82) is 0 Å². The number of benzene rings is 2. The van der Waals surface area contributed by atoms with Crippen LogP contribution in [0.4, 0.5) is 0 Å². The molecule has 0 amide bonds. The van der Waals surface area contributed by atoms with Crippen LogP contribution in [0.5, 0.6) is 0 Å². The van der Waals surface area contributed by atoms with Crippen LogP contribution in [0, 0.1) is 12.1 Å². The van der Waals surface area contributed by atoms with E-state index in [9.17, 15) is 0 Å². The fourth-order valence-corrected chi connectivity index (χ4v) is 5.40. The van der Waals surface area contributed by atoms with E-state index in [2.05, 4.69) is 95.6 Å². The van der Waals surface area contributed by atoms with Crippen LogP contribution in [-0.2, 0) is 31.9 Å². The molecule has 0 atom stereocenters. The molecule has 6 nitrogen and oxygen atoms in total. The molecule has 0 saturated heterocycles. The Morgan fingerprint density at radius 1 is 0.561 bits per heavy atom. The molecule has 0 saturated carbocycles. The van der Waals surface area contributed by atoms with Gasteiger partial charge in [0.25, 0.3) is 0 Å². The summed E-state index contributed by atoms with van der Waals surface area (Å²) < 4.78 is 4.32. The Bertz CT molecular complexity index is 1710. The molecule has 7 rings (SSSR count). The Morgan fingerprint density at radius 2 is 0.951 bits per heavy atom. The second-order valence-corrected chi connectivity index (χ2v) is 11.3. The zero-order valence-electron chi connectivity index (χ0n) is 23.2. The Balaban J connectivity index is 0.00000302. The van der Waals surface area contributed by atoms with Gasteiger partial charge in [0.15, 0.2) is 0 Å². The van der Waals surface area contributed by atoms with Crippen LogP contribution in [0.25, 0.3) is 33.9 Å². The van der Waals surface area contributed by atoms with E-state index in [1.165, 1.54) is 0 Å². The van der Waals surface area contributed by atoms with Crippen molar-refractivity contribution in [3.63, 3.8) is 0 Å². The van der Waals surface area contributed by atoms with E-state index in [1.54, 1.807) is 0 Å². The minimum Gasteiger partial charge on any atom is -0.369 e. The maximum absolute atomic E-state index is 5.26. The number of rotatable bonds is 2. The molecule has 0 radical (unpaired) electrons. The van der Waals surface area contributed by atoms with Crippen molar-refractivity contribution in [3.05, 3.63) is 133 Å². The van der Waals surface area contributed by atoms with Gasteiger partial charge in [0.2, 0.25) is 0 Å². The molecule has 1 aliphatic rings. The Hall–Kier alpha value is -4.15. The molecule has 8 bridgehead atoms. The molecule has 5 heterocycles. The SMILES string of the molecule is CC1(C)c2[c-]c(cnc2)-c2[c-]c(cnc2)C(C)(C)c2nc(cn2-c2ccccc2)-c2cn(-c3ccccc3)c1n2.[Pt+2]. The summed E-state index contributed by atoms with van der Waals surface area (Å²) in [6.07, 6.45) is 11.6. The minimum absolute atomic E-state index is 0. The molecule has 0 aliphatic carbocycles. The van der Waals surface area contributed by atoms with E-state index in [-0.39, 0.29) is 21.1 Å². The van der Waals surface area contributed by atoms with Gasteiger partial charge < -0.3 is 19.1 Å². The second-order valence-electron chi connectivity index (χ2n) is 11.3. The van der Waals surface area contributed by atoms with Crippen molar-refractivity contribution in [3.8, 4) is 33.9 Å². The van der Waals surface area contributed by atoms with E-state index in [0.29, 0.717) is 0 Å². The van der Waals surface area contributed by atoms with E-state index in [0.717, 1.165) is 56.7 Å². The summed E-state index contributed by atoms with van der Waals surface area (Å²) in [5, 5.41) is 0. The van der Waals surface area contributed by atoms with Crippen molar-refractivity contribution in [1.82, 2.24) is 29.1 Å². The Labute approximate surface area is 254 Å². The zero-order chi connectivity index (χ0) is 27.5. The van der Waals surface area contributed by atoms with Gasteiger partial charge in [-0.2, -0.15) is 12.1 Å². The second kappa shape index (κ2) is 10.0. The number of fused-ring (bicyclic) bond motifs is 10. The summed E-state index contributed by atoms with van der Waals surface area (Å²) in [6, 6.07) is 27.9. The van der Waals surface area contributed by atoms with E-state index in [1.807, 2.05) is 61.2 Å². The average molecular weight is 716 g/mol. The predicted molar refractivity (Wildman–Crippen MR) is 156 cm³/mol. The van der Waals surface area contributed by atoms with Crippen LogP contribution in [0.2, 0.25) is 0 Å². The first-order valence-electron chi connectivity index (χ1n) is 13.4. The number of hydrogen-bond acceptors (Lipinski definition) is 4. The predicted octanol–water partition coefficient (Wildman–Crippen LogP) is 6.75. The van der Waals surface area contributed by atoms with Crippen LogP contribution in [0.3, 0.4) is 0 Å². The number of nitrogens with zero attached hydrogens (tertiary/aromatic N) is 6. The number of imidazole rings is 2. The van der Waals surface area contributed by atoms with E-state index >= 15 is 0 Å². The molecule has 0 spiro atoms. The number of hydrogen-bond donors (Lipinski definition) is 0. The third-order valence-corrected chi connectivity index (χ3v) is 7.85. The first kappa shape index (κ1) is 27.0. The molecular weight excluding hydrogens is 687 g/mol. The van der Waals surface area contributed by atoms with Crippen molar-refractivity contribution < 1.29 is 21.1 Å². The first-order valence-corrected chi connectivity index (χ1v) is 13.4. The molecule has 1 aliphatic heterocycles. The summed E-state index contributed by atoms with van der Waals surface area (Å²) in [5.74, 6) is 1.76. The van der Waals surface area contributed by atoms with Crippen LogP contribution in [0.1, 0.15) is 50.5 Å². The van der Waals surface area contributed by atoms with E-state index in [4.69, 9.17) is 9.97 Å². The fraction of sp³-hybridized carbons (Fsp3) is 0.176. The quantitative estimate of drug-likeness (QED) is 0.187. The number of aromatic nitrogens is 6. The average Bonchev–Trinajstić information content (AvgIpc) is 3.64. The van der Waals surface area contributed by atoms with Gasteiger partial charge in [-0.25, -0.2) is 21.1 Å². The molecular formula is C34H28N6Pt. The van der Waals surface area contributed by atoms with Crippen molar-refractivity contribution in [2.75, 3.05) is 0 Å². The Kier molecular flexibility index (Phi) is 6.62. The molecule has 2 aromatic carbocycles. The van der Waals surface area contributed by atoms with Crippen LogP contribution >= 0.6 is 0 Å². The van der Waals surface area contributed by atoms with Crippen LogP contribution in [-0.4, -0.2) is 29.1 Å². The van der Waals surface area contributed by atoms with Gasteiger partial charge in [-0.05, 0) is 24.3 Å². The summed E-state index contributed by atoms with van der Waals surface area (Å²) in [4.78, 5) is 19.8. The van der Waals surface area contributed by atoms with Gasteiger partial charge in [-0.15, -0.1) is 11.1 Å². The summed E-state index contributed by atoms with van der Waals surface area (Å²) >= 11 is 0. The largest absolute Gasteiger partial charge is 2.00 e. The topological polar surface area (TPSA) is 61.4 Å². The van der Waals surface area contributed by atoms with E-state index < -0.39 is 10.8 Å². The van der Waals surface area contributed by atoms with Crippen LogP contribution in [0.15, 0.2) is 97.8 Å². The molecule has 204 valence electrons. The Morgan fingerprint density at radius 3 is 1.34 bits per heavy atom. The van der Waals surface area contributed by atoms with Gasteiger partial charge in [0.1, 0.15) is 23.0 Å². The van der Waals surface area contributed by atoms with Crippen molar-refractivity contribution in [2.24, 2.45) is 0 Å². The summed E-state index contributed by atoms with van der Waals surface area (Å²) in [5.41, 5.74) is 6.19. The standard InChI is InChI=1S/C34H28N6.Pt/c1-33(2)25-15-23(17-35-19-25)24-16-26(20-36-18-24)34(3,4)32-38-30(22-40(32)28-13-9-6-10-14-28)29-21-39(31(33)37-29)27-11-7-5-8-12-27;/h5-14,17-22H,1-4H3;/q-2;+2. The number of pyridine rings is 2. The smallest absolute Gasteiger partial charge is 0.369 e. The maximum atomic E-state index is 5.26. The monoisotopic (exact) mass is 715 g/mol. The maximum Gasteiger partial charge on any atom is 2.00 e. The van der Waals surface area contributed by atoms with Gasteiger partial charge in [0.05, 0.1) is 0 Å². The van der Waals surface area contributed by atoms with Crippen molar-refractivity contribution >= 4 is 0 Å². The molecule has 4 aromatic heterocycles. The van der Waals surface area contributed by atoms with Gasteiger partial charge >= 0.3 is 21.1 Å². The molecule has 6 aromatic rings. The fourth-order valence-electron chi connectivity index (χ4n) is 5.40. The summed E-state index contributed by atoms with van der Waals surface area (Å²) in [6.45, 7) is 8.66. The molecule has 0 fully saturated rings. The van der Waals surface area contributed by atoms with Crippen molar-refractivity contribution in [2.45, 2.75) is 38.5 Å². The molecule has 0 unspecified atom stereocenters. The number of para-hydroxylation sites is 2. The minimum atomic E-state index is -0.518. The molecule has 7 heteroatoms. The molecule has 0 N–H and O–H groups in total. The summed E-state index contributed by atoms with van der Waals surface area (Å²) in [7, 11) is 0.